The third kappa shape index (κ3) is 2.13. The number of nitrogens with zero attached hydrogens (tertiary/aromatic N) is 1. The van der Waals surface area contributed by atoms with Gasteiger partial charge in [-0.15, -0.1) is 0 Å². The Morgan fingerprint density at radius 1 is 1.39 bits per heavy atom. The topological polar surface area (TPSA) is 91.3 Å². The molecule has 88 valence electrons. The van der Waals surface area contributed by atoms with Crippen molar-refractivity contribution in [3.8, 4) is 6.07 Å². The number of benzene rings is 1. The van der Waals surface area contributed by atoms with Gasteiger partial charge in [-0.05, 0) is 29.8 Å². The van der Waals surface area contributed by atoms with E-state index < -0.39 is 17.2 Å². The average Bonchev–Trinajstić information content (AvgIpc) is 2.35. The maximum Gasteiger partial charge on any atom is 0.351 e. The summed E-state index contributed by atoms with van der Waals surface area (Å²) in [4.78, 5) is 22.1. The monoisotopic (exact) mass is 241 g/mol. The van der Waals surface area contributed by atoms with Crippen molar-refractivity contribution in [3.05, 3.63) is 51.9 Å². The highest BCUT2D eigenvalue weighted by Crippen LogP contribution is 2.16. The molecule has 1 aromatic heterocycles. The Bertz CT molecular complexity index is 750. The SMILES string of the molecule is N#CC=Cc1ccc2oc(=O)c(C(=O)O)cc2c1. The first-order valence-corrected chi connectivity index (χ1v) is 4.99. The molecule has 5 nitrogen and oxygen atoms in total. The number of allylic oxidation sites excluding steroid dienone is 1. The lowest BCUT2D eigenvalue weighted by molar-refractivity contribution is 0.0692. The number of aromatic carboxylic acids is 1. The Hall–Kier alpha value is -2.87. The first-order chi connectivity index (χ1) is 8.61. The van der Waals surface area contributed by atoms with E-state index in [2.05, 4.69) is 0 Å². The fourth-order valence-corrected chi connectivity index (χ4v) is 1.53. The van der Waals surface area contributed by atoms with Crippen LogP contribution in [0.2, 0.25) is 0 Å². The van der Waals surface area contributed by atoms with E-state index >= 15 is 0 Å². The Kier molecular flexibility index (Phi) is 2.94. The molecule has 0 amide bonds. The highest BCUT2D eigenvalue weighted by molar-refractivity contribution is 5.92. The van der Waals surface area contributed by atoms with E-state index in [0.29, 0.717) is 16.5 Å². The molecule has 0 saturated heterocycles. The Morgan fingerprint density at radius 2 is 2.17 bits per heavy atom. The number of nitriles is 1. The van der Waals surface area contributed by atoms with E-state index in [1.807, 2.05) is 6.07 Å². The summed E-state index contributed by atoms with van der Waals surface area (Å²) < 4.78 is 4.89. The van der Waals surface area contributed by atoms with E-state index in [9.17, 15) is 9.59 Å². The number of carbonyl (C=O) groups is 1. The minimum atomic E-state index is -1.33. The van der Waals surface area contributed by atoms with E-state index in [4.69, 9.17) is 14.8 Å². The molecule has 0 unspecified atom stereocenters. The van der Waals surface area contributed by atoms with Crippen molar-refractivity contribution >= 4 is 23.0 Å². The largest absolute Gasteiger partial charge is 0.477 e. The molecular formula is C13H7NO4. The first-order valence-electron chi connectivity index (χ1n) is 4.99. The number of carboxylic acid groups (broad SMARTS) is 1. The molecule has 0 saturated carbocycles. The average molecular weight is 241 g/mol. The molecule has 18 heavy (non-hydrogen) atoms. The molecular weight excluding hydrogens is 234 g/mol. The van der Waals surface area contributed by atoms with Gasteiger partial charge in [-0.25, -0.2) is 9.59 Å². The van der Waals surface area contributed by atoms with E-state index in [0.717, 1.165) is 0 Å². The normalized spacial score (nSPS) is 10.6. The van der Waals surface area contributed by atoms with Gasteiger partial charge in [-0.3, -0.25) is 0 Å². The van der Waals surface area contributed by atoms with Crippen molar-refractivity contribution in [2.75, 3.05) is 0 Å². The zero-order chi connectivity index (χ0) is 13.1. The molecule has 1 aromatic carbocycles. The first kappa shape index (κ1) is 11.6. The molecule has 0 radical (unpaired) electrons. The van der Waals surface area contributed by atoms with Crippen LogP contribution in [-0.2, 0) is 0 Å². The molecule has 0 bridgehead atoms. The summed E-state index contributed by atoms with van der Waals surface area (Å²) in [5.41, 5.74) is -0.271. The second-order valence-corrected chi connectivity index (χ2v) is 3.51. The molecule has 0 spiro atoms. The predicted molar refractivity (Wildman–Crippen MR) is 64.1 cm³/mol. The Balaban J connectivity index is 2.66. The quantitative estimate of drug-likeness (QED) is 0.641. The molecule has 2 aromatic rings. The van der Waals surface area contributed by atoms with Crippen molar-refractivity contribution in [3.63, 3.8) is 0 Å². The van der Waals surface area contributed by atoms with Crippen molar-refractivity contribution in [1.29, 1.82) is 5.26 Å². The van der Waals surface area contributed by atoms with Gasteiger partial charge in [0.15, 0.2) is 0 Å². The van der Waals surface area contributed by atoms with Crippen molar-refractivity contribution in [2.45, 2.75) is 0 Å². The van der Waals surface area contributed by atoms with Crippen molar-refractivity contribution in [1.82, 2.24) is 0 Å². The standard InChI is InChI=1S/C13H7NO4/c14-5-1-2-8-3-4-11-9(6-8)7-10(12(15)16)13(17)18-11/h1-4,6-7H,(H,15,16). The van der Waals surface area contributed by atoms with Crippen LogP contribution in [0.3, 0.4) is 0 Å². The van der Waals surface area contributed by atoms with Gasteiger partial charge < -0.3 is 9.52 Å². The van der Waals surface area contributed by atoms with Crippen LogP contribution in [0, 0.1) is 11.3 Å². The van der Waals surface area contributed by atoms with Crippen LogP contribution in [0.15, 0.2) is 39.6 Å². The Labute approximate surface area is 101 Å². The van der Waals surface area contributed by atoms with Crippen LogP contribution >= 0.6 is 0 Å². The number of rotatable bonds is 2. The third-order valence-corrected chi connectivity index (χ3v) is 2.34. The highest BCUT2D eigenvalue weighted by Gasteiger charge is 2.11. The molecule has 0 aliphatic heterocycles. The fourth-order valence-electron chi connectivity index (χ4n) is 1.53. The number of carboxylic acids is 1. The van der Waals surface area contributed by atoms with E-state index in [1.165, 1.54) is 12.1 Å². The minimum absolute atomic E-state index is 0.305. The van der Waals surface area contributed by atoms with Gasteiger partial charge in [0.25, 0.3) is 0 Å². The molecule has 1 N–H and O–H groups in total. The van der Waals surface area contributed by atoms with Crippen molar-refractivity contribution < 1.29 is 14.3 Å². The second-order valence-electron chi connectivity index (χ2n) is 3.51. The fraction of sp³-hybridized carbons (Fsp3) is 0. The lowest BCUT2D eigenvalue weighted by Gasteiger charge is -1.99. The minimum Gasteiger partial charge on any atom is -0.477 e. The lowest BCUT2D eigenvalue weighted by Crippen LogP contribution is -2.12. The van der Waals surface area contributed by atoms with E-state index in [-0.39, 0.29) is 0 Å². The molecule has 1 heterocycles. The zero-order valence-electron chi connectivity index (χ0n) is 9.08. The summed E-state index contributed by atoms with van der Waals surface area (Å²) in [6.45, 7) is 0. The summed E-state index contributed by atoms with van der Waals surface area (Å²) >= 11 is 0. The smallest absolute Gasteiger partial charge is 0.351 e. The molecule has 5 heteroatoms. The van der Waals surface area contributed by atoms with Crippen LogP contribution in [0.25, 0.3) is 17.0 Å². The molecule has 0 fully saturated rings. The molecule has 0 aliphatic carbocycles. The summed E-state index contributed by atoms with van der Waals surface area (Å²) in [5.74, 6) is -1.33. The van der Waals surface area contributed by atoms with Gasteiger partial charge in [0, 0.05) is 11.5 Å². The van der Waals surface area contributed by atoms with Crippen LogP contribution in [0.4, 0.5) is 0 Å². The van der Waals surface area contributed by atoms with Gasteiger partial charge >= 0.3 is 11.6 Å². The maximum absolute atomic E-state index is 11.3. The molecule has 0 atom stereocenters. The predicted octanol–water partition coefficient (Wildman–Crippen LogP) is 2.03. The van der Waals surface area contributed by atoms with Gasteiger partial charge in [-0.2, -0.15) is 5.26 Å². The third-order valence-electron chi connectivity index (χ3n) is 2.34. The van der Waals surface area contributed by atoms with Gasteiger partial charge in [0.2, 0.25) is 0 Å². The van der Waals surface area contributed by atoms with E-state index in [1.54, 1.807) is 24.3 Å². The van der Waals surface area contributed by atoms with Crippen LogP contribution in [0.1, 0.15) is 15.9 Å². The number of hydrogen-bond donors (Lipinski definition) is 1. The maximum atomic E-state index is 11.3. The zero-order valence-corrected chi connectivity index (χ0v) is 9.08. The Morgan fingerprint density at radius 3 is 2.83 bits per heavy atom. The van der Waals surface area contributed by atoms with Gasteiger partial charge in [0.1, 0.15) is 11.1 Å². The van der Waals surface area contributed by atoms with Gasteiger partial charge in [0.05, 0.1) is 6.07 Å². The lowest BCUT2D eigenvalue weighted by atomic mass is 10.1. The second kappa shape index (κ2) is 4.55. The molecule has 0 aliphatic rings. The van der Waals surface area contributed by atoms with Crippen LogP contribution < -0.4 is 5.63 Å². The summed E-state index contributed by atoms with van der Waals surface area (Å²) in [6.07, 6.45) is 2.88. The summed E-state index contributed by atoms with van der Waals surface area (Å²) in [5, 5.41) is 17.7. The number of hydrogen-bond acceptors (Lipinski definition) is 4. The molecule has 2 rings (SSSR count). The highest BCUT2D eigenvalue weighted by atomic mass is 16.4. The van der Waals surface area contributed by atoms with Crippen molar-refractivity contribution in [2.24, 2.45) is 0 Å². The number of fused-ring (bicyclic) bond motifs is 1. The van der Waals surface area contributed by atoms with Crippen LogP contribution in [-0.4, -0.2) is 11.1 Å². The van der Waals surface area contributed by atoms with Crippen LogP contribution in [0.5, 0.6) is 0 Å². The van der Waals surface area contributed by atoms with Gasteiger partial charge in [-0.1, -0.05) is 6.07 Å². The summed E-state index contributed by atoms with van der Waals surface area (Å²) in [7, 11) is 0. The summed E-state index contributed by atoms with van der Waals surface area (Å²) in [6, 6.07) is 7.97.